The van der Waals surface area contributed by atoms with Gasteiger partial charge < -0.3 is 30.2 Å². The Balaban J connectivity index is 1.51. The molecule has 11 nitrogen and oxygen atoms in total. The van der Waals surface area contributed by atoms with Crippen LogP contribution < -0.4 is 16.0 Å². The van der Waals surface area contributed by atoms with Gasteiger partial charge in [0.05, 0.1) is 59.8 Å². The largest absolute Gasteiger partial charge is 0.507 e. The first kappa shape index (κ1) is 30.5. The van der Waals surface area contributed by atoms with Crippen molar-refractivity contribution in [2.45, 2.75) is 5.92 Å². The highest BCUT2D eigenvalue weighted by molar-refractivity contribution is 6.15. The van der Waals surface area contributed by atoms with Crippen LogP contribution in [0, 0.1) is 11.3 Å². The summed E-state index contributed by atoms with van der Waals surface area (Å²) in [6, 6.07) is 28.0. The van der Waals surface area contributed by atoms with Crippen molar-refractivity contribution in [3.63, 3.8) is 0 Å². The third-order valence-electron chi connectivity index (χ3n) is 8.28. The van der Waals surface area contributed by atoms with Crippen LogP contribution >= 0.6 is 0 Å². The molecule has 0 bridgehead atoms. The van der Waals surface area contributed by atoms with Gasteiger partial charge in [-0.05, 0) is 29.8 Å². The summed E-state index contributed by atoms with van der Waals surface area (Å²) in [6.45, 7) is 0. The minimum absolute atomic E-state index is 0.00616. The van der Waals surface area contributed by atoms with Crippen molar-refractivity contribution in [3.8, 4) is 11.8 Å². The summed E-state index contributed by atoms with van der Waals surface area (Å²) in [5, 5.41) is 25.8. The maximum Gasteiger partial charge on any atom is 0.355 e. The number of benzene rings is 4. The molecule has 0 radical (unpaired) electrons. The Kier molecular flexibility index (Phi) is 7.85. The molecule has 1 amide bonds. The van der Waals surface area contributed by atoms with E-state index in [0.717, 1.165) is 36.0 Å². The Morgan fingerprint density at radius 2 is 1.53 bits per heavy atom. The van der Waals surface area contributed by atoms with Crippen LogP contribution in [0.25, 0.3) is 21.8 Å². The number of rotatable bonds is 6. The number of carbonyl (C=O) groups is 3. The predicted molar refractivity (Wildman–Crippen MR) is 176 cm³/mol. The number of allylic oxidation sites excluding steroid dienone is 1. The molecular formula is C36H29N5O6. The number of phenolic OH excluding ortho intramolecular Hbond substituents is 1. The maximum absolute atomic E-state index is 13.8. The van der Waals surface area contributed by atoms with E-state index in [9.17, 15) is 24.8 Å². The molecular weight excluding hydrogens is 598 g/mol. The lowest BCUT2D eigenvalue weighted by Gasteiger charge is -2.36. The minimum Gasteiger partial charge on any atom is -0.507 e. The Morgan fingerprint density at radius 3 is 2.23 bits per heavy atom. The van der Waals surface area contributed by atoms with Gasteiger partial charge in [-0.2, -0.15) is 5.26 Å². The van der Waals surface area contributed by atoms with Gasteiger partial charge in [-0.25, -0.2) is 9.59 Å². The van der Waals surface area contributed by atoms with Crippen LogP contribution in [0.1, 0.15) is 21.8 Å². The standard InChI is InChI=1S/C36H29N5O6/c1-40-26-15-9-7-13-21(26)22-17-23(29(42)18-28(22)40)34(43)39-25-14-8-10-16-27(25)41-32(36(45)47-3)31(35(44)46-2)30(24(19-37)33(41)38)20-11-5-4-6-12-20/h4-18,30,42H,38H2,1-3H3,(H,39,43). The topological polar surface area (TPSA) is 160 Å². The van der Waals surface area contributed by atoms with E-state index >= 15 is 0 Å². The minimum atomic E-state index is -1.05. The van der Waals surface area contributed by atoms with E-state index in [4.69, 9.17) is 15.2 Å². The van der Waals surface area contributed by atoms with Crippen LogP contribution in [0.2, 0.25) is 0 Å². The smallest absolute Gasteiger partial charge is 0.355 e. The van der Waals surface area contributed by atoms with Crippen molar-refractivity contribution >= 4 is 51.0 Å². The molecule has 4 N–H and O–H groups in total. The molecule has 1 atom stereocenters. The molecule has 0 spiro atoms. The Labute approximate surface area is 269 Å². The first-order valence-electron chi connectivity index (χ1n) is 14.5. The van der Waals surface area contributed by atoms with Gasteiger partial charge >= 0.3 is 11.9 Å². The van der Waals surface area contributed by atoms with Crippen LogP contribution in [0.15, 0.2) is 114 Å². The molecule has 1 aromatic heterocycles. The number of aryl methyl sites for hydroxylation is 1. The fraction of sp³-hybridized carbons (Fsp3) is 0.111. The van der Waals surface area contributed by atoms with Crippen molar-refractivity contribution in [1.82, 2.24) is 4.57 Å². The SMILES string of the molecule is COC(=O)C1=C(C(=O)OC)N(c2ccccc2NC(=O)c2cc3c4ccccc4n(C)c3cc2O)C(N)=C(C#N)C1c1ccccc1. The molecule has 4 aromatic carbocycles. The fourth-order valence-corrected chi connectivity index (χ4v) is 6.10. The predicted octanol–water partition coefficient (Wildman–Crippen LogP) is 5.19. The number of ether oxygens (including phenoxy) is 2. The Morgan fingerprint density at radius 1 is 0.872 bits per heavy atom. The van der Waals surface area contributed by atoms with Gasteiger partial charge in [0.15, 0.2) is 0 Å². The van der Waals surface area contributed by atoms with E-state index in [0.29, 0.717) is 5.56 Å². The van der Waals surface area contributed by atoms with Crippen molar-refractivity contribution in [3.05, 3.63) is 125 Å². The monoisotopic (exact) mass is 627 g/mol. The first-order valence-corrected chi connectivity index (χ1v) is 14.5. The summed E-state index contributed by atoms with van der Waals surface area (Å²) < 4.78 is 12.2. The number of aromatic hydroxyl groups is 1. The number of methoxy groups -OCH3 is 2. The zero-order chi connectivity index (χ0) is 33.4. The molecule has 1 unspecified atom stereocenters. The van der Waals surface area contributed by atoms with E-state index in [1.54, 1.807) is 60.7 Å². The highest BCUT2D eigenvalue weighted by Gasteiger charge is 2.43. The van der Waals surface area contributed by atoms with Crippen LogP contribution in [0.4, 0.5) is 11.4 Å². The summed E-state index contributed by atoms with van der Waals surface area (Å²) in [5.74, 6) is -3.90. The Bertz CT molecular complexity index is 2210. The van der Waals surface area contributed by atoms with Crippen molar-refractivity contribution in [2.24, 2.45) is 12.8 Å². The highest BCUT2D eigenvalue weighted by atomic mass is 16.5. The zero-order valence-corrected chi connectivity index (χ0v) is 25.6. The number of para-hydroxylation sites is 3. The second-order valence-corrected chi connectivity index (χ2v) is 10.8. The number of nitrogens with one attached hydrogen (secondary N) is 1. The number of nitrogens with two attached hydrogens (primary N) is 1. The second-order valence-electron chi connectivity index (χ2n) is 10.8. The number of anilines is 2. The van der Waals surface area contributed by atoms with Crippen molar-refractivity contribution in [2.75, 3.05) is 24.4 Å². The summed E-state index contributed by atoms with van der Waals surface area (Å²) in [4.78, 5) is 42.0. The summed E-state index contributed by atoms with van der Waals surface area (Å²) in [7, 11) is 4.20. The van der Waals surface area contributed by atoms with E-state index in [1.165, 1.54) is 11.0 Å². The third kappa shape index (κ3) is 4.98. The lowest BCUT2D eigenvalue weighted by Crippen LogP contribution is -2.41. The maximum atomic E-state index is 13.8. The van der Waals surface area contributed by atoms with Gasteiger partial charge in [-0.3, -0.25) is 9.69 Å². The van der Waals surface area contributed by atoms with Crippen molar-refractivity contribution < 1.29 is 29.0 Å². The second kappa shape index (κ2) is 12.1. The van der Waals surface area contributed by atoms with Crippen LogP contribution in [-0.4, -0.2) is 41.7 Å². The molecule has 0 fully saturated rings. The lowest BCUT2D eigenvalue weighted by molar-refractivity contribution is -0.139. The molecule has 0 saturated carbocycles. The zero-order valence-electron chi connectivity index (χ0n) is 25.6. The molecule has 11 heteroatoms. The van der Waals surface area contributed by atoms with Gasteiger partial charge in [-0.15, -0.1) is 0 Å². The van der Waals surface area contributed by atoms with Gasteiger partial charge in [-0.1, -0.05) is 60.7 Å². The van der Waals surface area contributed by atoms with E-state index in [-0.39, 0.29) is 45.4 Å². The van der Waals surface area contributed by atoms with Crippen LogP contribution in [0.5, 0.6) is 5.75 Å². The fourth-order valence-electron chi connectivity index (χ4n) is 6.10. The number of nitriles is 1. The van der Waals surface area contributed by atoms with Crippen LogP contribution in [-0.2, 0) is 26.1 Å². The van der Waals surface area contributed by atoms with E-state index < -0.39 is 23.8 Å². The molecule has 0 aliphatic carbocycles. The average Bonchev–Trinajstić information content (AvgIpc) is 3.37. The number of phenols is 1. The first-order chi connectivity index (χ1) is 22.7. The molecule has 5 aromatic rings. The normalized spacial score (nSPS) is 14.7. The summed E-state index contributed by atoms with van der Waals surface area (Å²) in [5.41, 5.74) is 8.71. The van der Waals surface area contributed by atoms with Gasteiger partial charge in [0.1, 0.15) is 17.3 Å². The van der Waals surface area contributed by atoms with E-state index in [1.807, 2.05) is 35.9 Å². The quantitative estimate of drug-likeness (QED) is 0.215. The molecule has 0 saturated heterocycles. The van der Waals surface area contributed by atoms with Gasteiger partial charge in [0.25, 0.3) is 5.91 Å². The number of nitrogens with zero attached hydrogens (tertiary/aromatic N) is 3. The molecule has 234 valence electrons. The third-order valence-corrected chi connectivity index (χ3v) is 8.28. The average molecular weight is 628 g/mol. The number of hydrogen-bond acceptors (Lipinski definition) is 9. The molecule has 2 heterocycles. The number of esters is 2. The van der Waals surface area contributed by atoms with Crippen molar-refractivity contribution in [1.29, 1.82) is 5.26 Å². The van der Waals surface area contributed by atoms with E-state index in [2.05, 4.69) is 11.4 Å². The number of hydrogen-bond donors (Lipinski definition) is 3. The summed E-state index contributed by atoms with van der Waals surface area (Å²) in [6.07, 6.45) is 0. The number of amides is 1. The van der Waals surface area contributed by atoms with Crippen LogP contribution in [0.3, 0.4) is 0 Å². The van der Waals surface area contributed by atoms with Gasteiger partial charge in [0, 0.05) is 29.4 Å². The Hall–Kier alpha value is -6.54. The lowest BCUT2D eigenvalue weighted by atomic mass is 9.81. The molecule has 1 aliphatic rings. The molecule has 1 aliphatic heterocycles. The number of carbonyl (C=O) groups excluding carboxylic acids is 3. The molecule has 47 heavy (non-hydrogen) atoms. The summed E-state index contributed by atoms with van der Waals surface area (Å²) >= 11 is 0. The number of fused-ring (bicyclic) bond motifs is 3. The van der Waals surface area contributed by atoms with Gasteiger partial charge in [0.2, 0.25) is 0 Å². The number of aromatic nitrogens is 1. The molecule has 6 rings (SSSR count). The highest BCUT2D eigenvalue weighted by Crippen LogP contribution is 2.45.